The number of carbonyl (C=O) groups excluding carboxylic acids is 2. The van der Waals surface area contributed by atoms with E-state index in [0.29, 0.717) is 17.2 Å². The third-order valence-corrected chi connectivity index (χ3v) is 3.91. The highest BCUT2D eigenvalue weighted by Gasteiger charge is 2.14. The molecule has 0 bridgehead atoms. The lowest BCUT2D eigenvalue weighted by atomic mass is 9.89. The summed E-state index contributed by atoms with van der Waals surface area (Å²) in [5.41, 5.74) is 1.26. The van der Waals surface area contributed by atoms with Crippen LogP contribution in [0.5, 0.6) is 0 Å². The van der Waals surface area contributed by atoms with Crippen molar-refractivity contribution in [3.05, 3.63) is 29.8 Å². The molecule has 5 heteroatoms. The van der Waals surface area contributed by atoms with Crippen molar-refractivity contribution in [2.45, 2.75) is 32.1 Å². The molecule has 114 valence electrons. The summed E-state index contributed by atoms with van der Waals surface area (Å²) in [6.45, 7) is 0.738. The Hall–Kier alpha value is -2.04. The number of rotatable bonds is 4. The minimum Gasteiger partial charge on any atom is -0.355 e. The maximum absolute atomic E-state index is 11.8. The Balaban J connectivity index is 1.77. The molecule has 0 aromatic heterocycles. The normalized spacial score (nSPS) is 15.3. The van der Waals surface area contributed by atoms with Gasteiger partial charge in [0.15, 0.2) is 0 Å². The molecule has 1 fully saturated rings. The summed E-state index contributed by atoms with van der Waals surface area (Å²) in [5.74, 6) is 0.475. The van der Waals surface area contributed by atoms with Gasteiger partial charge in [-0.1, -0.05) is 19.3 Å². The first-order valence-electron chi connectivity index (χ1n) is 7.56. The highest BCUT2D eigenvalue weighted by Crippen LogP contribution is 2.22. The van der Waals surface area contributed by atoms with Crippen LogP contribution in [0.1, 0.15) is 42.5 Å². The Morgan fingerprint density at radius 2 is 1.76 bits per heavy atom. The summed E-state index contributed by atoms with van der Waals surface area (Å²) >= 11 is 0. The van der Waals surface area contributed by atoms with Crippen molar-refractivity contribution < 1.29 is 9.59 Å². The van der Waals surface area contributed by atoms with E-state index in [1.165, 1.54) is 32.1 Å². The molecule has 1 aromatic carbocycles. The van der Waals surface area contributed by atoms with E-state index < -0.39 is 0 Å². The molecular weight excluding hydrogens is 266 g/mol. The van der Waals surface area contributed by atoms with Gasteiger partial charge in [-0.25, -0.2) is 4.79 Å². The van der Waals surface area contributed by atoms with Crippen LogP contribution in [-0.2, 0) is 0 Å². The van der Waals surface area contributed by atoms with E-state index in [9.17, 15) is 9.59 Å². The lowest BCUT2D eigenvalue weighted by Crippen LogP contribution is -2.33. The quantitative estimate of drug-likeness (QED) is 0.797. The summed E-state index contributed by atoms with van der Waals surface area (Å²) in [7, 11) is 1.59. The lowest BCUT2D eigenvalue weighted by Gasteiger charge is -2.21. The summed E-state index contributed by atoms with van der Waals surface area (Å²) in [6, 6.07) is 6.65. The number of hydrogen-bond donors (Lipinski definition) is 3. The second-order valence-electron chi connectivity index (χ2n) is 5.50. The van der Waals surface area contributed by atoms with Gasteiger partial charge >= 0.3 is 6.03 Å². The molecular formula is C16H23N3O2. The molecule has 3 N–H and O–H groups in total. The van der Waals surface area contributed by atoms with Crippen LogP contribution in [-0.4, -0.2) is 25.5 Å². The lowest BCUT2D eigenvalue weighted by molar-refractivity contribution is 0.0963. The first kappa shape index (κ1) is 15.4. The van der Waals surface area contributed by atoms with Crippen LogP contribution >= 0.6 is 0 Å². The summed E-state index contributed by atoms with van der Waals surface area (Å²) in [5, 5.41) is 8.26. The SMILES string of the molecule is CNC(=O)c1ccc(NC(=O)NCC2CCCCC2)cc1. The minimum atomic E-state index is -0.187. The van der Waals surface area contributed by atoms with Gasteiger partial charge in [0.25, 0.3) is 5.91 Å². The molecule has 0 heterocycles. The second kappa shape index (κ2) is 7.67. The third-order valence-electron chi connectivity index (χ3n) is 3.91. The van der Waals surface area contributed by atoms with Gasteiger partial charge in [0.05, 0.1) is 0 Å². The molecule has 0 atom stereocenters. The van der Waals surface area contributed by atoms with Crippen LogP contribution in [0.3, 0.4) is 0 Å². The van der Waals surface area contributed by atoms with Crippen molar-refractivity contribution in [1.82, 2.24) is 10.6 Å². The molecule has 1 aromatic rings. The number of amides is 3. The zero-order chi connectivity index (χ0) is 15.1. The Bertz CT molecular complexity index is 479. The van der Waals surface area contributed by atoms with Crippen LogP contribution in [0.15, 0.2) is 24.3 Å². The largest absolute Gasteiger partial charge is 0.355 e. The predicted octanol–water partition coefficient (Wildman–Crippen LogP) is 2.75. The number of carbonyl (C=O) groups is 2. The van der Waals surface area contributed by atoms with Crippen LogP contribution in [0, 0.1) is 5.92 Å². The number of hydrogen-bond acceptors (Lipinski definition) is 2. The minimum absolute atomic E-state index is 0.136. The molecule has 1 aliphatic carbocycles. The van der Waals surface area contributed by atoms with Gasteiger partial charge < -0.3 is 16.0 Å². The van der Waals surface area contributed by atoms with E-state index in [1.54, 1.807) is 31.3 Å². The van der Waals surface area contributed by atoms with Crippen LogP contribution in [0.2, 0.25) is 0 Å². The molecule has 1 saturated carbocycles. The van der Waals surface area contributed by atoms with Gasteiger partial charge in [0.1, 0.15) is 0 Å². The molecule has 0 aliphatic heterocycles. The summed E-state index contributed by atoms with van der Waals surface area (Å²) in [4.78, 5) is 23.2. The molecule has 0 saturated heterocycles. The molecule has 0 radical (unpaired) electrons. The standard InChI is InChI=1S/C16H23N3O2/c1-17-15(20)13-7-9-14(10-8-13)19-16(21)18-11-12-5-3-2-4-6-12/h7-10,12H,2-6,11H2,1H3,(H,17,20)(H2,18,19,21). The number of nitrogens with one attached hydrogen (secondary N) is 3. The number of urea groups is 1. The van der Waals surface area contributed by atoms with Gasteiger partial charge in [-0.3, -0.25) is 4.79 Å². The third kappa shape index (κ3) is 4.77. The average Bonchev–Trinajstić information content (AvgIpc) is 2.54. The molecule has 0 spiro atoms. The Morgan fingerprint density at radius 1 is 1.10 bits per heavy atom. The zero-order valence-corrected chi connectivity index (χ0v) is 12.4. The summed E-state index contributed by atoms with van der Waals surface area (Å²) < 4.78 is 0. The van der Waals surface area contributed by atoms with E-state index in [-0.39, 0.29) is 11.9 Å². The maximum atomic E-state index is 11.8. The highest BCUT2D eigenvalue weighted by atomic mass is 16.2. The monoisotopic (exact) mass is 289 g/mol. The smallest absolute Gasteiger partial charge is 0.319 e. The van der Waals surface area contributed by atoms with Gasteiger partial charge in [0.2, 0.25) is 0 Å². The van der Waals surface area contributed by atoms with E-state index in [0.717, 1.165) is 6.54 Å². The first-order chi connectivity index (χ1) is 10.2. The zero-order valence-electron chi connectivity index (χ0n) is 12.4. The van der Waals surface area contributed by atoms with Crippen molar-refractivity contribution in [3.8, 4) is 0 Å². The fourth-order valence-electron chi connectivity index (χ4n) is 2.65. The fourth-order valence-corrected chi connectivity index (χ4v) is 2.65. The average molecular weight is 289 g/mol. The van der Waals surface area contributed by atoms with Crippen molar-refractivity contribution in [3.63, 3.8) is 0 Å². The van der Waals surface area contributed by atoms with E-state index >= 15 is 0 Å². The topological polar surface area (TPSA) is 70.2 Å². The second-order valence-corrected chi connectivity index (χ2v) is 5.50. The van der Waals surface area contributed by atoms with E-state index in [4.69, 9.17) is 0 Å². The number of anilines is 1. The predicted molar refractivity (Wildman–Crippen MR) is 83.4 cm³/mol. The van der Waals surface area contributed by atoms with Crippen molar-refractivity contribution in [2.24, 2.45) is 5.92 Å². The van der Waals surface area contributed by atoms with Gasteiger partial charge in [-0.2, -0.15) is 0 Å². The Kier molecular flexibility index (Phi) is 5.60. The van der Waals surface area contributed by atoms with Crippen LogP contribution in [0.25, 0.3) is 0 Å². The first-order valence-corrected chi connectivity index (χ1v) is 7.56. The van der Waals surface area contributed by atoms with Crippen molar-refractivity contribution in [2.75, 3.05) is 18.9 Å². The van der Waals surface area contributed by atoms with Gasteiger partial charge in [-0.15, -0.1) is 0 Å². The van der Waals surface area contributed by atoms with Gasteiger partial charge in [-0.05, 0) is 43.0 Å². The fraction of sp³-hybridized carbons (Fsp3) is 0.500. The summed E-state index contributed by atoms with van der Waals surface area (Å²) in [6.07, 6.45) is 6.28. The molecule has 0 unspecified atom stereocenters. The highest BCUT2D eigenvalue weighted by molar-refractivity contribution is 5.95. The van der Waals surface area contributed by atoms with Crippen LogP contribution < -0.4 is 16.0 Å². The Morgan fingerprint density at radius 3 is 2.38 bits per heavy atom. The maximum Gasteiger partial charge on any atom is 0.319 e. The van der Waals surface area contributed by atoms with Crippen molar-refractivity contribution in [1.29, 1.82) is 0 Å². The molecule has 3 amide bonds. The molecule has 21 heavy (non-hydrogen) atoms. The van der Waals surface area contributed by atoms with Gasteiger partial charge in [0, 0.05) is 24.8 Å². The molecule has 2 rings (SSSR count). The van der Waals surface area contributed by atoms with E-state index in [1.807, 2.05) is 0 Å². The van der Waals surface area contributed by atoms with E-state index in [2.05, 4.69) is 16.0 Å². The molecule has 5 nitrogen and oxygen atoms in total. The Labute approximate surface area is 125 Å². The number of benzene rings is 1. The molecule has 1 aliphatic rings. The van der Waals surface area contributed by atoms with Crippen LogP contribution in [0.4, 0.5) is 10.5 Å². The van der Waals surface area contributed by atoms with Crippen molar-refractivity contribution >= 4 is 17.6 Å².